The van der Waals surface area contributed by atoms with Crippen molar-refractivity contribution in [3.05, 3.63) is 42.1 Å². The number of nitrogens with zero attached hydrogens (tertiary/aromatic N) is 2. The molecule has 1 saturated carbocycles. The van der Waals surface area contributed by atoms with E-state index in [1.54, 1.807) is 0 Å². The van der Waals surface area contributed by atoms with Crippen LogP contribution in [0.4, 0.5) is 0 Å². The summed E-state index contributed by atoms with van der Waals surface area (Å²) in [5, 5.41) is 1.21. The largest absolute Gasteiger partial charge is 0.329 e. The number of para-hydroxylation sites is 1. The van der Waals surface area contributed by atoms with Gasteiger partial charge in [-0.2, -0.15) is 0 Å². The quantitative estimate of drug-likeness (QED) is 0.892. The first-order valence-electron chi connectivity index (χ1n) is 7.15. The molecule has 1 fully saturated rings. The highest BCUT2D eigenvalue weighted by molar-refractivity contribution is 5.78. The zero-order chi connectivity index (χ0) is 13.1. The summed E-state index contributed by atoms with van der Waals surface area (Å²) in [6.07, 6.45) is 3.98. The van der Waals surface area contributed by atoms with Crippen molar-refractivity contribution in [1.82, 2.24) is 9.88 Å². The van der Waals surface area contributed by atoms with E-state index >= 15 is 0 Å². The predicted octanol–water partition coefficient (Wildman–Crippen LogP) is 2.55. The van der Waals surface area contributed by atoms with E-state index in [2.05, 4.69) is 35.2 Å². The molecule has 3 nitrogen and oxygen atoms in total. The molecule has 100 valence electrons. The van der Waals surface area contributed by atoms with Crippen LogP contribution in [0.5, 0.6) is 0 Å². The van der Waals surface area contributed by atoms with Gasteiger partial charge < -0.3 is 5.73 Å². The summed E-state index contributed by atoms with van der Waals surface area (Å²) in [6.45, 7) is 2.62. The van der Waals surface area contributed by atoms with Crippen LogP contribution in [0.1, 0.15) is 25.0 Å². The lowest BCUT2D eigenvalue weighted by molar-refractivity contribution is 0.122. The van der Waals surface area contributed by atoms with Gasteiger partial charge in [0.05, 0.1) is 11.2 Å². The lowest BCUT2D eigenvalue weighted by atomic mass is 9.91. The second kappa shape index (κ2) is 5.68. The topological polar surface area (TPSA) is 42.1 Å². The van der Waals surface area contributed by atoms with Gasteiger partial charge in [-0.3, -0.25) is 9.88 Å². The highest BCUT2D eigenvalue weighted by Crippen LogP contribution is 2.25. The van der Waals surface area contributed by atoms with Gasteiger partial charge in [0, 0.05) is 31.1 Å². The molecule has 0 amide bonds. The van der Waals surface area contributed by atoms with E-state index in [1.165, 1.54) is 24.6 Å². The monoisotopic (exact) mass is 255 g/mol. The highest BCUT2D eigenvalue weighted by atomic mass is 15.2. The standard InChI is InChI=1S/C16H21N3/c17-10-11-19(15-5-3-6-15)12-14-9-8-13-4-1-2-7-16(13)18-14/h1-2,4,7-9,15H,3,5-6,10-12,17H2. The van der Waals surface area contributed by atoms with Gasteiger partial charge >= 0.3 is 0 Å². The predicted molar refractivity (Wildman–Crippen MR) is 78.8 cm³/mol. The fourth-order valence-electron chi connectivity index (χ4n) is 2.71. The summed E-state index contributed by atoms with van der Waals surface area (Å²) < 4.78 is 0. The Kier molecular flexibility index (Phi) is 3.76. The molecular formula is C16H21N3. The molecule has 3 rings (SSSR count). The zero-order valence-electron chi connectivity index (χ0n) is 11.3. The SMILES string of the molecule is NCCN(Cc1ccc2ccccc2n1)C1CCC1. The van der Waals surface area contributed by atoms with Crippen molar-refractivity contribution in [2.24, 2.45) is 5.73 Å². The molecule has 0 spiro atoms. The van der Waals surface area contributed by atoms with Crippen LogP contribution in [0.3, 0.4) is 0 Å². The molecule has 3 heteroatoms. The molecule has 0 unspecified atom stereocenters. The summed E-state index contributed by atoms with van der Waals surface area (Å²) in [6, 6.07) is 13.3. The molecule has 19 heavy (non-hydrogen) atoms. The number of rotatable bonds is 5. The van der Waals surface area contributed by atoms with Crippen LogP contribution in [0.25, 0.3) is 10.9 Å². The first-order valence-corrected chi connectivity index (χ1v) is 7.15. The van der Waals surface area contributed by atoms with Crippen LogP contribution in [0, 0.1) is 0 Å². The molecule has 2 N–H and O–H groups in total. The minimum absolute atomic E-state index is 0.719. The maximum atomic E-state index is 5.73. The van der Waals surface area contributed by atoms with Gasteiger partial charge in [0.2, 0.25) is 0 Å². The summed E-state index contributed by atoms with van der Waals surface area (Å²) in [5.41, 5.74) is 7.96. The molecule has 1 aliphatic rings. The van der Waals surface area contributed by atoms with Gasteiger partial charge in [-0.15, -0.1) is 0 Å². The Morgan fingerprint density at radius 2 is 2.00 bits per heavy atom. The van der Waals surface area contributed by atoms with Crippen molar-refractivity contribution in [2.45, 2.75) is 31.8 Å². The van der Waals surface area contributed by atoms with E-state index in [1.807, 2.05) is 6.07 Å². The zero-order valence-corrected chi connectivity index (χ0v) is 11.3. The van der Waals surface area contributed by atoms with Crippen molar-refractivity contribution < 1.29 is 0 Å². The molecule has 1 aromatic carbocycles. The fraction of sp³-hybridized carbons (Fsp3) is 0.438. The number of aromatic nitrogens is 1. The second-order valence-electron chi connectivity index (χ2n) is 5.34. The molecule has 0 bridgehead atoms. The minimum Gasteiger partial charge on any atom is -0.329 e. The average Bonchev–Trinajstić information content (AvgIpc) is 2.37. The third-order valence-electron chi connectivity index (χ3n) is 4.03. The van der Waals surface area contributed by atoms with Crippen LogP contribution >= 0.6 is 0 Å². The van der Waals surface area contributed by atoms with E-state index in [4.69, 9.17) is 10.7 Å². The smallest absolute Gasteiger partial charge is 0.0705 e. The highest BCUT2D eigenvalue weighted by Gasteiger charge is 2.24. The normalized spacial score (nSPS) is 15.9. The van der Waals surface area contributed by atoms with E-state index < -0.39 is 0 Å². The summed E-state index contributed by atoms with van der Waals surface area (Å²) >= 11 is 0. The molecule has 2 aromatic rings. The van der Waals surface area contributed by atoms with Crippen molar-refractivity contribution in [1.29, 1.82) is 0 Å². The number of fused-ring (bicyclic) bond motifs is 1. The van der Waals surface area contributed by atoms with Gasteiger partial charge in [0.1, 0.15) is 0 Å². The van der Waals surface area contributed by atoms with Gasteiger partial charge in [0.15, 0.2) is 0 Å². The second-order valence-corrected chi connectivity index (χ2v) is 5.34. The Labute approximate surface area is 114 Å². The number of benzene rings is 1. The average molecular weight is 255 g/mol. The van der Waals surface area contributed by atoms with Gasteiger partial charge in [0.25, 0.3) is 0 Å². The van der Waals surface area contributed by atoms with Crippen molar-refractivity contribution in [3.63, 3.8) is 0 Å². The molecule has 0 aliphatic heterocycles. The first-order chi connectivity index (χ1) is 9.36. The maximum Gasteiger partial charge on any atom is 0.0705 e. The van der Waals surface area contributed by atoms with Crippen molar-refractivity contribution in [3.8, 4) is 0 Å². The Morgan fingerprint density at radius 3 is 2.74 bits per heavy atom. The lowest BCUT2D eigenvalue weighted by Crippen LogP contribution is -2.42. The molecule has 1 aromatic heterocycles. The van der Waals surface area contributed by atoms with Crippen LogP contribution in [0.15, 0.2) is 36.4 Å². The van der Waals surface area contributed by atoms with Gasteiger partial charge in [-0.25, -0.2) is 0 Å². The summed E-state index contributed by atoms with van der Waals surface area (Å²) in [7, 11) is 0. The van der Waals surface area contributed by atoms with E-state index in [9.17, 15) is 0 Å². The van der Waals surface area contributed by atoms with E-state index in [0.717, 1.165) is 36.9 Å². The Morgan fingerprint density at radius 1 is 1.16 bits per heavy atom. The summed E-state index contributed by atoms with van der Waals surface area (Å²) in [5.74, 6) is 0. The number of hydrogen-bond donors (Lipinski definition) is 1. The fourth-order valence-corrected chi connectivity index (χ4v) is 2.71. The third-order valence-corrected chi connectivity index (χ3v) is 4.03. The van der Waals surface area contributed by atoms with E-state index in [0.29, 0.717) is 0 Å². The Balaban J connectivity index is 1.78. The van der Waals surface area contributed by atoms with Gasteiger partial charge in [-0.05, 0) is 25.0 Å². The minimum atomic E-state index is 0.719. The van der Waals surface area contributed by atoms with Crippen molar-refractivity contribution >= 4 is 10.9 Å². The van der Waals surface area contributed by atoms with Crippen LogP contribution in [-0.4, -0.2) is 29.0 Å². The third kappa shape index (κ3) is 2.77. The number of hydrogen-bond acceptors (Lipinski definition) is 3. The van der Waals surface area contributed by atoms with E-state index in [-0.39, 0.29) is 0 Å². The number of nitrogens with two attached hydrogens (primary N) is 1. The maximum absolute atomic E-state index is 5.73. The lowest BCUT2D eigenvalue weighted by Gasteiger charge is -2.37. The Bertz CT molecular complexity index is 548. The van der Waals surface area contributed by atoms with Crippen LogP contribution in [0.2, 0.25) is 0 Å². The molecule has 0 saturated heterocycles. The molecule has 1 heterocycles. The Hall–Kier alpha value is -1.45. The molecular weight excluding hydrogens is 234 g/mol. The molecule has 0 radical (unpaired) electrons. The molecule has 1 aliphatic carbocycles. The first kappa shape index (κ1) is 12.6. The molecule has 0 atom stereocenters. The summed E-state index contributed by atoms with van der Waals surface area (Å²) in [4.78, 5) is 7.24. The number of pyridine rings is 1. The van der Waals surface area contributed by atoms with Gasteiger partial charge in [-0.1, -0.05) is 30.7 Å². The van der Waals surface area contributed by atoms with Crippen LogP contribution < -0.4 is 5.73 Å². The van der Waals surface area contributed by atoms with Crippen molar-refractivity contribution in [2.75, 3.05) is 13.1 Å². The van der Waals surface area contributed by atoms with Crippen LogP contribution in [-0.2, 0) is 6.54 Å².